The zero-order chi connectivity index (χ0) is 14.7. The lowest BCUT2D eigenvalue weighted by atomic mass is 9.99. The smallest absolute Gasteiger partial charge is 0.127 e. The molecule has 0 saturated heterocycles. The summed E-state index contributed by atoms with van der Waals surface area (Å²) in [5, 5.41) is 12.8. The number of aliphatic hydroxyl groups excluding tert-OH is 1. The molecule has 0 aromatic heterocycles. The van der Waals surface area contributed by atoms with Crippen molar-refractivity contribution in [1.29, 1.82) is 0 Å². The van der Waals surface area contributed by atoms with E-state index in [0.29, 0.717) is 0 Å². The summed E-state index contributed by atoms with van der Waals surface area (Å²) in [6, 6.07) is 14.5. The summed E-state index contributed by atoms with van der Waals surface area (Å²) in [4.78, 5) is 0. The summed E-state index contributed by atoms with van der Waals surface area (Å²) in [5.41, 5.74) is 4.38. The van der Waals surface area contributed by atoms with Gasteiger partial charge >= 0.3 is 0 Å². The molecule has 110 valence electrons. The molecule has 1 atom stereocenters. The number of nitrogens with one attached hydrogen (secondary N) is 1. The Morgan fingerprint density at radius 1 is 1.24 bits per heavy atom. The van der Waals surface area contributed by atoms with Gasteiger partial charge in [-0.1, -0.05) is 30.3 Å². The quantitative estimate of drug-likeness (QED) is 0.900. The summed E-state index contributed by atoms with van der Waals surface area (Å²) >= 11 is 0. The number of aryl methyl sites for hydroxylation is 1. The highest BCUT2D eigenvalue weighted by Gasteiger charge is 2.20. The summed E-state index contributed by atoms with van der Waals surface area (Å²) < 4.78 is 5.91. The van der Waals surface area contributed by atoms with E-state index in [2.05, 4.69) is 30.4 Å². The van der Waals surface area contributed by atoms with Crippen LogP contribution in [0.3, 0.4) is 0 Å². The molecule has 2 N–H and O–H groups in total. The maximum Gasteiger partial charge on any atom is 0.127 e. The van der Waals surface area contributed by atoms with E-state index < -0.39 is 0 Å². The van der Waals surface area contributed by atoms with Crippen molar-refractivity contribution < 1.29 is 9.84 Å². The highest BCUT2D eigenvalue weighted by Crippen LogP contribution is 2.36. The number of aliphatic hydroxyl groups is 1. The normalized spacial score (nSPS) is 17.5. The highest BCUT2D eigenvalue weighted by molar-refractivity contribution is 5.51. The Hall–Kier alpha value is -2.00. The number of rotatable bonds is 3. The van der Waals surface area contributed by atoms with E-state index >= 15 is 0 Å². The Labute approximate surface area is 125 Å². The average molecular weight is 283 g/mol. The van der Waals surface area contributed by atoms with Crippen LogP contribution in [0.25, 0.3) is 0 Å². The van der Waals surface area contributed by atoms with Gasteiger partial charge in [-0.2, -0.15) is 0 Å². The van der Waals surface area contributed by atoms with Crippen LogP contribution in [0.5, 0.6) is 5.75 Å². The minimum atomic E-state index is 0.0684. The van der Waals surface area contributed by atoms with Crippen molar-refractivity contribution in [2.75, 3.05) is 11.9 Å². The minimum absolute atomic E-state index is 0.0684. The molecule has 3 nitrogen and oxygen atoms in total. The maximum atomic E-state index is 9.26. The van der Waals surface area contributed by atoms with Gasteiger partial charge in [-0.15, -0.1) is 0 Å². The fourth-order valence-corrected chi connectivity index (χ4v) is 2.87. The van der Waals surface area contributed by atoms with Crippen LogP contribution < -0.4 is 10.1 Å². The second-order valence-corrected chi connectivity index (χ2v) is 5.54. The van der Waals surface area contributed by atoms with Crippen LogP contribution in [0, 0.1) is 6.92 Å². The van der Waals surface area contributed by atoms with Crippen molar-refractivity contribution in [1.82, 2.24) is 0 Å². The zero-order valence-corrected chi connectivity index (χ0v) is 12.3. The fourth-order valence-electron chi connectivity index (χ4n) is 2.87. The topological polar surface area (TPSA) is 41.5 Å². The second kappa shape index (κ2) is 6.19. The Balaban J connectivity index is 1.90. The van der Waals surface area contributed by atoms with Crippen molar-refractivity contribution in [2.45, 2.75) is 32.4 Å². The molecule has 1 aliphatic heterocycles. The lowest BCUT2D eigenvalue weighted by molar-refractivity contribution is 0.282. The van der Waals surface area contributed by atoms with E-state index in [1.165, 1.54) is 11.1 Å². The molecule has 0 amide bonds. The molecular formula is C18H21NO2. The molecule has 1 unspecified atom stereocenters. The van der Waals surface area contributed by atoms with Gasteiger partial charge < -0.3 is 15.2 Å². The molecule has 0 bridgehead atoms. The van der Waals surface area contributed by atoms with Gasteiger partial charge in [-0.05, 0) is 43.0 Å². The summed E-state index contributed by atoms with van der Waals surface area (Å²) in [7, 11) is 0. The van der Waals surface area contributed by atoms with Crippen LogP contribution in [0.15, 0.2) is 42.5 Å². The third-order valence-electron chi connectivity index (χ3n) is 3.95. The van der Waals surface area contributed by atoms with Gasteiger partial charge in [-0.3, -0.25) is 0 Å². The van der Waals surface area contributed by atoms with Crippen molar-refractivity contribution >= 4 is 5.69 Å². The molecular weight excluding hydrogens is 262 g/mol. The zero-order valence-electron chi connectivity index (χ0n) is 12.3. The molecule has 3 rings (SSSR count). The van der Waals surface area contributed by atoms with Gasteiger partial charge in [0.1, 0.15) is 5.75 Å². The molecule has 21 heavy (non-hydrogen) atoms. The Bertz CT molecular complexity index is 624. The monoisotopic (exact) mass is 283 g/mol. The van der Waals surface area contributed by atoms with Gasteiger partial charge in [-0.25, -0.2) is 0 Å². The first-order valence-electron chi connectivity index (χ1n) is 7.46. The fraction of sp³-hybridized carbons (Fsp3) is 0.333. The van der Waals surface area contributed by atoms with Crippen LogP contribution in [0.4, 0.5) is 5.69 Å². The lowest BCUT2D eigenvalue weighted by Crippen LogP contribution is -2.10. The number of hydrogen-bond donors (Lipinski definition) is 2. The summed E-state index contributed by atoms with van der Waals surface area (Å²) in [6.07, 6.45) is 2.07. The van der Waals surface area contributed by atoms with Crippen molar-refractivity contribution in [3.8, 4) is 5.75 Å². The third kappa shape index (κ3) is 3.03. The van der Waals surface area contributed by atoms with E-state index in [1.54, 1.807) is 0 Å². The van der Waals surface area contributed by atoms with Gasteiger partial charge in [0.25, 0.3) is 0 Å². The first-order chi connectivity index (χ1) is 10.3. The van der Waals surface area contributed by atoms with Crippen LogP contribution in [0.1, 0.15) is 35.6 Å². The molecule has 1 heterocycles. The Morgan fingerprint density at radius 3 is 2.95 bits per heavy atom. The number of anilines is 1. The maximum absolute atomic E-state index is 9.26. The highest BCUT2D eigenvalue weighted by atomic mass is 16.5. The molecule has 2 aromatic carbocycles. The predicted molar refractivity (Wildman–Crippen MR) is 84.6 cm³/mol. The van der Waals surface area contributed by atoms with Gasteiger partial charge in [0.15, 0.2) is 0 Å². The SMILES string of the molecule is Cc1cccc2c1OCCCC2Nc1cccc(CO)c1. The van der Waals surface area contributed by atoms with Crippen LogP contribution in [-0.2, 0) is 6.61 Å². The molecule has 1 aliphatic rings. The second-order valence-electron chi connectivity index (χ2n) is 5.54. The minimum Gasteiger partial charge on any atom is -0.493 e. The molecule has 0 saturated carbocycles. The van der Waals surface area contributed by atoms with Crippen molar-refractivity contribution in [3.63, 3.8) is 0 Å². The predicted octanol–water partition coefficient (Wildman–Crippen LogP) is 3.81. The van der Waals surface area contributed by atoms with E-state index in [0.717, 1.165) is 36.4 Å². The molecule has 3 heteroatoms. The van der Waals surface area contributed by atoms with E-state index in [-0.39, 0.29) is 12.6 Å². The number of ether oxygens (including phenoxy) is 1. The molecule has 0 radical (unpaired) electrons. The van der Waals surface area contributed by atoms with E-state index in [9.17, 15) is 5.11 Å². The number of fused-ring (bicyclic) bond motifs is 1. The van der Waals surface area contributed by atoms with Crippen LogP contribution in [-0.4, -0.2) is 11.7 Å². The number of hydrogen-bond acceptors (Lipinski definition) is 3. The first-order valence-corrected chi connectivity index (χ1v) is 7.46. The van der Waals surface area contributed by atoms with Crippen molar-refractivity contribution in [2.24, 2.45) is 0 Å². The van der Waals surface area contributed by atoms with Gasteiger partial charge in [0.05, 0.1) is 19.3 Å². The number of para-hydroxylation sites is 1. The molecule has 2 aromatic rings. The molecule has 0 spiro atoms. The van der Waals surface area contributed by atoms with E-state index in [1.807, 2.05) is 24.3 Å². The third-order valence-corrected chi connectivity index (χ3v) is 3.95. The lowest BCUT2D eigenvalue weighted by Gasteiger charge is -2.21. The Morgan fingerprint density at radius 2 is 2.10 bits per heavy atom. The number of benzene rings is 2. The Kier molecular flexibility index (Phi) is 4.11. The first kappa shape index (κ1) is 14.0. The molecule has 0 aliphatic carbocycles. The average Bonchev–Trinajstić information content (AvgIpc) is 2.71. The molecule has 0 fully saturated rings. The van der Waals surface area contributed by atoms with E-state index in [4.69, 9.17) is 4.74 Å². The van der Waals surface area contributed by atoms with Gasteiger partial charge in [0.2, 0.25) is 0 Å². The van der Waals surface area contributed by atoms with Gasteiger partial charge in [0, 0.05) is 11.3 Å². The van der Waals surface area contributed by atoms with Crippen LogP contribution in [0.2, 0.25) is 0 Å². The van der Waals surface area contributed by atoms with Crippen LogP contribution >= 0.6 is 0 Å². The summed E-state index contributed by atoms with van der Waals surface area (Å²) in [6.45, 7) is 2.93. The largest absolute Gasteiger partial charge is 0.493 e. The standard InChI is InChI=1S/C18H21NO2/c1-13-5-2-8-16-17(9-4-10-21-18(13)16)19-15-7-3-6-14(11-15)12-20/h2-3,5-8,11,17,19-20H,4,9-10,12H2,1H3. The summed E-state index contributed by atoms with van der Waals surface area (Å²) in [5.74, 6) is 1.02. The van der Waals surface area contributed by atoms with Crippen molar-refractivity contribution in [3.05, 3.63) is 59.2 Å².